The Bertz CT molecular complexity index is 3290. The van der Waals surface area contributed by atoms with Gasteiger partial charge in [-0.25, -0.2) is 4.99 Å². The molecule has 55 heavy (non-hydrogen) atoms. The quantitative estimate of drug-likeness (QED) is 0.171. The maximum absolute atomic E-state index is 6.68. The van der Waals surface area contributed by atoms with E-state index < -0.39 is 5.54 Å². The highest BCUT2D eigenvalue weighted by Gasteiger charge is 2.68. The van der Waals surface area contributed by atoms with Crippen LogP contribution in [0.2, 0.25) is 0 Å². The van der Waals surface area contributed by atoms with Crippen molar-refractivity contribution < 1.29 is 4.42 Å². The zero-order valence-electron chi connectivity index (χ0n) is 30.1. The molecule has 4 nitrogen and oxygen atoms in total. The minimum absolute atomic E-state index is 0.0975. The molecule has 3 atom stereocenters. The first-order valence-corrected chi connectivity index (χ1v) is 19.0. The summed E-state index contributed by atoms with van der Waals surface area (Å²) in [6, 6.07) is 58.3. The van der Waals surface area contributed by atoms with Crippen LogP contribution >= 0.6 is 0 Å². The number of amidine groups is 1. The smallest absolute Gasteiger partial charge is 0.155 e. The molecule has 2 aromatic heterocycles. The van der Waals surface area contributed by atoms with Crippen LogP contribution in [0.25, 0.3) is 76.3 Å². The van der Waals surface area contributed by atoms with E-state index in [0.717, 1.165) is 66.3 Å². The molecule has 0 N–H and O–H groups in total. The van der Waals surface area contributed by atoms with E-state index in [1.165, 1.54) is 38.2 Å². The van der Waals surface area contributed by atoms with E-state index in [4.69, 9.17) is 19.4 Å². The molecule has 0 amide bonds. The molecule has 0 radical (unpaired) electrons. The van der Waals surface area contributed by atoms with E-state index in [2.05, 4.69) is 165 Å². The van der Waals surface area contributed by atoms with Crippen LogP contribution in [-0.2, 0) is 5.54 Å². The molecule has 1 aliphatic heterocycles. The first kappa shape index (κ1) is 30.5. The van der Waals surface area contributed by atoms with E-state index in [9.17, 15) is 0 Å². The number of furan rings is 1. The zero-order valence-corrected chi connectivity index (χ0v) is 30.1. The van der Waals surface area contributed by atoms with Gasteiger partial charge in [0.05, 0.1) is 11.2 Å². The number of rotatable bonds is 4. The molecule has 0 spiro atoms. The van der Waals surface area contributed by atoms with E-state index in [1.807, 2.05) is 12.3 Å². The number of hydrogen-bond acceptors (Lipinski definition) is 4. The summed E-state index contributed by atoms with van der Waals surface area (Å²) in [7, 11) is 0. The first-order valence-electron chi connectivity index (χ1n) is 19.0. The largest absolute Gasteiger partial charge is 0.455 e. The lowest BCUT2D eigenvalue weighted by Crippen LogP contribution is -2.23. The van der Waals surface area contributed by atoms with Crippen molar-refractivity contribution in [3.8, 4) is 11.1 Å². The van der Waals surface area contributed by atoms with Gasteiger partial charge in [-0.1, -0.05) is 146 Å². The Morgan fingerprint density at radius 3 is 2.02 bits per heavy atom. The third-order valence-corrected chi connectivity index (χ3v) is 12.3. The second kappa shape index (κ2) is 11.3. The first-order chi connectivity index (χ1) is 27.2. The third kappa shape index (κ3) is 4.31. The molecule has 258 valence electrons. The monoisotopic (exact) mass is 703 g/mol. The van der Waals surface area contributed by atoms with Crippen molar-refractivity contribution in [2.24, 2.45) is 21.8 Å². The van der Waals surface area contributed by atoms with Crippen molar-refractivity contribution in [3.63, 3.8) is 0 Å². The van der Waals surface area contributed by atoms with Gasteiger partial charge >= 0.3 is 0 Å². The fraction of sp³-hybridized carbons (Fsp3) is 0.0784. The normalized spacial score (nSPS) is 19.3. The van der Waals surface area contributed by atoms with Crippen LogP contribution in [0, 0.1) is 11.8 Å². The lowest BCUT2D eigenvalue weighted by atomic mass is 9.89. The van der Waals surface area contributed by atoms with Gasteiger partial charge in [-0.2, -0.15) is 0 Å². The maximum atomic E-state index is 6.68. The summed E-state index contributed by atoms with van der Waals surface area (Å²) >= 11 is 0. The molecule has 1 saturated carbocycles. The van der Waals surface area contributed by atoms with Gasteiger partial charge in [0.25, 0.3) is 0 Å². The summed E-state index contributed by atoms with van der Waals surface area (Å²) in [6.45, 7) is 2.34. The van der Waals surface area contributed by atoms with Crippen molar-refractivity contribution in [1.82, 2.24) is 4.98 Å². The van der Waals surface area contributed by atoms with Crippen molar-refractivity contribution in [3.05, 3.63) is 187 Å². The van der Waals surface area contributed by atoms with Gasteiger partial charge in [-0.3, -0.25) is 9.98 Å². The van der Waals surface area contributed by atoms with Crippen LogP contribution in [0.3, 0.4) is 0 Å². The van der Waals surface area contributed by atoms with Crippen LogP contribution in [0.15, 0.2) is 184 Å². The van der Waals surface area contributed by atoms with E-state index in [0.29, 0.717) is 0 Å². The van der Waals surface area contributed by atoms with Crippen molar-refractivity contribution in [2.45, 2.75) is 12.5 Å². The summed E-state index contributed by atoms with van der Waals surface area (Å²) in [5.74, 6) is 1.09. The summed E-state index contributed by atoms with van der Waals surface area (Å²) < 4.78 is 6.68. The number of pyridine rings is 1. The predicted molar refractivity (Wildman–Crippen MR) is 227 cm³/mol. The second-order valence-corrected chi connectivity index (χ2v) is 15.1. The number of nitrogens with zero attached hydrogens (tertiary/aromatic N) is 3. The molecule has 1 fully saturated rings. The standard InChI is InChI=1S/C51H33N3O/c1-30-47-48(32-25-23-31(24-26-32)40-27-34-15-5-7-17-36(34)41-29-52-43-21-11-9-19-38(43)45(40)41)53-50(33-13-3-2-4-14-33)54-51(30,47)42-28-35-16-6-8-18-37(35)49-46(42)39-20-10-12-22-44(39)55-49/h2-30,47H,1H3. The zero-order chi connectivity index (χ0) is 36.3. The van der Waals surface area contributed by atoms with E-state index in [-0.39, 0.29) is 11.8 Å². The molecule has 0 saturated heterocycles. The lowest BCUT2D eigenvalue weighted by molar-refractivity contribution is 0.656. The van der Waals surface area contributed by atoms with Crippen LogP contribution in [0.4, 0.5) is 0 Å². The predicted octanol–water partition coefficient (Wildman–Crippen LogP) is 12.7. The number of aliphatic imine (C=N–C) groups is 2. The highest BCUT2D eigenvalue weighted by Crippen LogP contribution is 2.66. The number of aromatic nitrogens is 1. The Morgan fingerprint density at radius 1 is 0.545 bits per heavy atom. The number of para-hydroxylation sites is 2. The van der Waals surface area contributed by atoms with Crippen LogP contribution in [0.5, 0.6) is 0 Å². The van der Waals surface area contributed by atoms with Crippen LogP contribution in [0.1, 0.15) is 23.6 Å². The van der Waals surface area contributed by atoms with E-state index >= 15 is 0 Å². The van der Waals surface area contributed by atoms with Crippen molar-refractivity contribution in [2.75, 3.05) is 0 Å². The number of benzene rings is 8. The van der Waals surface area contributed by atoms with Gasteiger partial charge in [-0.05, 0) is 68.6 Å². The molecule has 3 unspecified atom stereocenters. The summed E-state index contributed by atoms with van der Waals surface area (Å²) in [5, 5.41) is 10.5. The molecule has 4 heteroatoms. The van der Waals surface area contributed by atoms with Gasteiger partial charge in [0.1, 0.15) is 16.7 Å². The molecule has 3 heterocycles. The topological polar surface area (TPSA) is 50.8 Å². The Balaban J connectivity index is 1.06. The van der Waals surface area contributed by atoms with Gasteiger partial charge in [0, 0.05) is 50.0 Å². The van der Waals surface area contributed by atoms with Gasteiger partial charge in [0.15, 0.2) is 5.84 Å². The second-order valence-electron chi connectivity index (χ2n) is 15.1. The molecule has 0 bridgehead atoms. The molecular weight excluding hydrogens is 671 g/mol. The maximum Gasteiger partial charge on any atom is 0.155 e. The van der Waals surface area contributed by atoms with Gasteiger partial charge < -0.3 is 4.42 Å². The summed E-state index contributed by atoms with van der Waals surface area (Å²) in [5.41, 5.74) is 9.13. The Morgan fingerprint density at radius 2 is 1.20 bits per heavy atom. The fourth-order valence-electron chi connectivity index (χ4n) is 9.63. The number of hydrogen-bond donors (Lipinski definition) is 0. The third-order valence-electron chi connectivity index (χ3n) is 12.3. The molecular formula is C51H33N3O. The summed E-state index contributed by atoms with van der Waals surface area (Å²) in [6.07, 6.45) is 2.04. The lowest BCUT2D eigenvalue weighted by Gasteiger charge is -2.23. The van der Waals surface area contributed by atoms with Crippen molar-refractivity contribution in [1.29, 1.82) is 0 Å². The average molecular weight is 704 g/mol. The highest BCUT2D eigenvalue weighted by molar-refractivity contribution is 6.23. The van der Waals surface area contributed by atoms with Gasteiger partial charge in [-0.15, -0.1) is 0 Å². The molecule has 1 aliphatic carbocycles. The summed E-state index contributed by atoms with van der Waals surface area (Å²) in [4.78, 5) is 16.0. The Labute approximate surface area is 317 Å². The van der Waals surface area contributed by atoms with E-state index in [1.54, 1.807) is 0 Å². The molecule has 8 aromatic carbocycles. The minimum atomic E-state index is -0.504. The number of fused-ring (bicyclic) bond motifs is 11. The van der Waals surface area contributed by atoms with Crippen molar-refractivity contribution >= 4 is 76.7 Å². The highest BCUT2D eigenvalue weighted by atomic mass is 16.3. The Kier molecular flexibility index (Phi) is 6.27. The fourth-order valence-corrected chi connectivity index (χ4v) is 9.63. The molecule has 12 rings (SSSR count). The Hall–Kier alpha value is -6.91. The SMILES string of the molecule is CC1C2C(c3ccc(-c4cc5ccccc5c5cnc6ccccc6c45)cc3)=NC(c3ccccc3)=NC12c1cc2ccccc2c2oc3ccccc3c12. The molecule has 10 aromatic rings. The average Bonchev–Trinajstić information content (AvgIpc) is 3.67. The van der Waals surface area contributed by atoms with Gasteiger partial charge in [0.2, 0.25) is 0 Å². The minimum Gasteiger partial charge on any atom is -0.455 e. The molecule has 2 aliphatic rings. The van der Waals surface area contributed by atoms with Crippen LogP contribution in [-0.4, -0.2) is 16.5 Å². The van der Waals surface area contributed by atoms with Crippen LogP contribution < -0.4 is 0 Å².